The van der Waals surface area contributed by atoms with Gasteiger partial charge in [-0.25, -0.2) is 0 Å². The number of aromatic amines is 1. The first kappa shape index (κ1) is 7.87. The zero-order valence-corrected chi connectivity index (χ0v) is 6.49. The molecule has 1 N–H and O–H groups in total. The van der Waals surface area contributed by atoms with Crippen LogP contribution in [-0.4, -0.2) is 19.6 Å². The van der Waals surface area contributed by atoms with Crippen molar-refractivity contribution < 1.29 is 4.21 Å². The Kier molecular flexibility index (Phi) is 3.27. The molecule has 0 bridgehead atoms. The molecule has 0 spiro atoms. The third-order valence-corrected chi connectivity index (χ3v) is 1.72. The highest BCUT2D eigenvalue weighted by Gasteiger charge is 1.86. The second kappa shape index (κ2) is 4.56. The lowest BCUT2D eigenvalue weighted by Gasteiger charge is -1.65. The van der Waals surface area contributed by atoms with Crippen LogP contribution in [0.4, 0.5) is 0 Å². The maximum atomic E-state index is 10.2. The number of aromatic nitrogens is 3. The van der Waals surface area contributed by atoms with Crippen molar-refractivity contribution >= 4 is 10.8 Å². The van der Waals surface area contributed by atoms with E-state index in [1.807, 2.05) is 0 Å². The van der Waals surface area contributed by atoms with Crippen molar-refractivity contribution in [1.82, 2.24) is 15.4 Å². The number of hydrogen-bond acceptors (Lipinski definition) is 3. The average Bonchev–Trinajstić information content (AvgIpc) is 2.57. The molecule has 1 aromatic heterocycles. The predicted octanol–water partition coefficient (Wildman–Crippen LogP) is 0.581. The summed E-state index contributed by atoms with van der Waals surface area (Å²) in [6, 6.07) is 0. The molecular weight excluding hydrogens is 162 g/mol. The molecule has 58 valence electrons. The van der Waals surface area contributed by atoms with Crippen molar-refractivity contribution in [1.29, 1.82) is 0 Å². The minimum Gasteiger partial charge on any atom is -0.250 e. The van der Waals surface area contributed by atoms with Gasteiger partial charge in [0.1, 0.15) is 0 Å². The Morgan fingerprint density at radius 1 is 1.09 bits per heavy atom. The fourth-order valence-corrected chi connectivity index (χ4v) is 1.04. The lowest BCUT2D eigenvalue weighted by Crippen LogP contribution is -1.63. The van der Waals surface area contributed by atoms with Crippen LogP contribution in [0.15, 0.2) is 35.4 Å². The molecule has 1 aliphatic heterocycles. The van der Waals surface area contributed by atoms with Crippen LogP contribution in [0.25, 0.3) is 0 Å². The summed E-state index contributed by atoms with van der Waals surface area (Å²) >= 11 is 0. The lowest BCUT2D eigenvalue weighted by atomic mass is 10.6. The van der Waals surface area contributed by atoms with E-state index in [0.29, 0.717) is 0 Å². The SMILES string of the molecule is O=S1C=CC=C1.c1cn[nH]n1. The number of allylic oxidation sites excluding steroid dienone is 2. The number of rotatable bonds is 0. The zero-order valence-electron chi connectivity index (χ0n) is 5.68. The van der Waals surface area contributed by atoms with Gasteiger partial charge in [0, 0.05) is 10.8 Å². The van der Waals surface area contributed by atoms with Crippen LogP contribution in [0.1, 0.15) is 0 Å². The second-order valence-electron chi connectivity index (χ2n) is 1.64. The molecule has 11 heavy (non-hydrogen) atoms. The van der Waals surface area contributed by atoms with Gasteiger partial charge in [-0.2, -0.15) is 15.4 Å². The molecule has 0 aliphatic carbocycles. The van der Waals surface area contributed by atoms with E-state index in [2.05, 4.69) is 15.4 Å². The first-order chi connectivity index (χ1) is 5.39. The smallest absolute Gasteiger partial charge is 0.0702 e. The fourth-order valence-electron chi connectivity index (χ4n) is 0.458. The molecular formula is C6H7N3OS. The van der Waals surface area contributed by atoms with Gasteiger partial charge in [-0.1, -0.05) is 12.2 Å². The predicted molar refractivity (Wildman–Crippen MR) is 42.8 cm³/mol. The van der Waals surface area contributed by atoms with E-state index in [1.165, 1.54) is 0 Å². The minimum atomic E-state index is -0.784. The number of nitrogens with one attached hydrogen (secondary N) is 1. The molecule has 4 nitrogen and oxygen atoms in total. The normalized spacial score (nSPS) is 14.5. The topological polar surface area (TPSA) is 58.6 Å². The maximum Gasteiger partial charge on any atom is 0.0702 e. The lowest BCUT2D eigenvalue weighted by molar-refractivity contribution is 0.693. The molecule has 0 aromatic carbocycles. The number of hydrogen-bond donors (Lipinski definition) is 1. The van der Waals surface area contributed by atoms with Crippen LogP contribution in [-0.2, 0) is 10.8 Å². The summed E-state index contributed by atoms with van der Waals surface area (Å²) in [5.74, 6) is 0. The maximum absolute atomic E-state index is 10.2. The van der Waals surface area contributed by atoms with E-state index in [9.17, 15) is 4.21 Å². The highest BCUT2D eigenvalue weighted by Crippen LogP contribution is 1.95. The van der Waals surface area contributed by atoms with Gasteiger partial charge in [-0.15, -0.1) is 0 Å². The molecule has 2 rings (SSSR count). The second-order valence-corrected chi connectivity index (χ2v) is 2.84. The Bertz CT molecular complexity index is 234. The first-order valence-electron chi connectivity index (χ1n) is 2.94. The van der Waals surface area contributed by atoms with Crippen molar-refractivity contribution in [3.63, 3.8) is 0 Å². The van der Waals surface area contributed by atoms with Crippen molar-refractivity contribution in [2.45, 2.75) is 0 Å². The molecule has 1 aliphatic rings. The van der Waals surface area contributed by atoms with E-state index in [0.717, 1.165) is 0 Å². The standard InChI is InChI=1S/C4H4OS.C2H3N3/c5-6-3-1-2-4-6;1-2-4-5-3-1/h1-4H;1-2H,(H,3,4,5). The fraction of sp³-hybridized carbons (Fsp3) is 0. The van der Waals surface area contributed by atoms with Gasteiger partial charge < -0.3 is 0 Å². The molecule has 0 amide bonds. The number of nitrogens with zero attached hydrogens (tertiary/aromatic N) is 2. The minimum absolute atomic E-state index is 0.784. The van der Waals surface area contributed by atoms with Crippen molar-refractivity contribution in [3.05, 3.63) is 35.4 Å². The van der Waals surface area contributed by atoms with Crippen molar-refractivity contribution in [2.75, 3.05) is 0 Å². The average molecular weight is 169 g/mol. The summed E-state index contributed by atoms with van der Waals surface area (Å²) < 4.78 is 10.2. The van der Waals surface area contributed by atoms with E-state index in [-0.39, 0.29) is 0 Å². The van der Waals surface area contributed by atoms with Gasteiger partial charge in [0.05, 0.1) is 23.2 Å². The van der Waals surface area contributed by atoms with Crippen LogP contribution in [0, 0.1) is 0 Å². The van der Waals surface area contributed by atoms with E-state index in [4.69, 9.17) is 0 Å². The quantitative estimate of drug-likeness (QED) is 0.618. The Morgan fingerprint density at radius 3 is 1.82 bits per heavy atom. The molecule has 0 saturated carbocycles. The van der Waals surface area contributed by atoms with Crippen LogP contribution < -0.4 is 0 Å². The van der Waals surface area contributed by atoms with Crippen LogP contribution >= 0.6 is 0 Å². The summed E-state index contributed by atoms with van der Waals surface area (Å²) in [5, 5.41) is 12.6. The third-order valence-electron chi connectivity index (χ3n) is 0.868. The highest BCUT2D eigenvalue weighted by molar-refractivity contribution is 7.91. The van der Waals surface area contributed by atoms with Gasteiger partial charge in [0.15, 0.2) is 0 Å². The summed E-state index contributed by atoms with van der Waals surface area (Å²) in [5.41, 5.74) is 0. The molecule has 5 heteroatoms. The Morgan fingerprint density at radius 2 is 1.64 bits per heavy atom. The Balaban J connectivity index is 0.000000112. The molecule has 0 unspecified atom stereocenters. The van der Waals surface area contributed by atoms with Crippen molar-refractivity contribution in [3.8, 4) is 0 Å². The van der Waals surface area contributed by atoms with Crippen LogP contribution in [0.2, 0.25) is 0 Å². The van der Waals surface area contributed by atoms with Gasteiger partial charge in [0.25, 0.3) is 0 Å². The third kappa shape index (κ3) is 3.47. The van der Waals surface area contributed by atoms with E-state index >= 15 is 0 Å². The van der Waals surface area contributed by atoms with Gasteiger partial charge >= 0.3 is 0 Å². The van der Waals surface area contributed by atoms with Gasteiger partial charge in [0.2, 0.25) is 0 Å². The zero-order chi connectivity index (χ0) is 7.94. The van der Waals surface area contributed by atoms with Crippen LogP contribution in [0.3, 0.4) is 0 Å². The summed E-state index contributed by atoms with van der Waals surface area (Å²) in [6.45, 7) is 0. The van der Waals surface area contributed by atoms with Crippen LogP contribution in [0.5, 0.6) is 0 Å². The Hall–Kier alpha value is -1.23. The van der Waals surface area contributed by atoms with E-state index in [1.54, 1.807) is 35.4 Å². The monoisotopic (exact) mass is 169 g/mol. The molecule has 0 saturated heterocycles. The van der Waals surface area contributed by atoms with Gasteiger partial charge in [-0.05, 0) is 0 Å². The summed E-state index contributed by atoms with van der Waals surface area (Å²) in [4.78, 5) is 0. The molecule has 0 atom stereocenters. The summed E-state index contributed by atoms with van der Waals surface area (Å²) in [7, 11) is -0.784. The molecule has 2 heterocycles. The molecule has 0 radical (unpaired) electrons. The first-order valence-corrected chi connectivity index (χ1v) is 4.21. The van der Waals surface area contributed by atoms with Gasteiger partial charge in [-0.3, -0.25) is 4.21 Å². The summed E-state index contributed by atoms with van der Waals surface area (Å²) in [6.07, 6.45) is 6.71. The number of H-pyrrole nitrogens is 1. The largest absolute Gasteiger partial charge is 0.250 e. The van der Waals surface area contributed by atoms with E-state index < -0.39 is 10.8 Å². The van der Waals surface area contributed by atoms with Crippen molar-refractivity contribution in [2.24, 2.45) is 0 Å². The molecule has 0 fully saturated rings. The Labute approximate surface area is 66.5 Å². The molecule has 1 aromatic rings. The highest BCUT2D eigenvalue weighted by atomic mass is 32.2.